The van der Waals surface area contributed by atoms with E-state index >= 15 is 0 Å². The Hall–Kier alpha value is -0.0400. The summed E-state index contributed by atoms with van der Waals surface area (Å²) in [6.07, 6.45) is 6.80. The van der Waals surface area contributed by atoms with Gasteiger partial charge in [-0.15, -0.1) is 0 Å². The molecule has 0 amide bonds. The second kappa shape index (κ2) is 3.61. The Balaban J connectivity index is 2.48. The fourth-order valence-corrected chi connectivity index (χ4v) is 2.27. The van der Waals surface area contributed by atoms with Crippen molar-refractivity contribution in [2.45, 2.75) is 65.8 Å². The third-order valence-electron chi connectivity index (χ3n) is 3.64. The summed E-state index contributed by atoms with van der Waals surface area (Å²) in [6.45, 7) is 9.15. The molecule has 1 fully saturated rings. The summed E-state index contributed by atoms with van der Waals surface area (Å²) in [5, 5.41) is 0. The van der Waals surface area contributed by atoms with E-state index in [1.165, 1.54) is 32.1 Å². The smallest absolute Gasteiger partial charge is 0.00928 e. The molecular weight excluding hydrogens is 158 g/mol. The molecule has 0 aromatic carbocycles. The summed E-state index contributed by atoms with van der Waals surface area (Å²) in [5.41, 5.74) is 7.03. The van der Waals surface area contributed by atoms with Gasteiger partial charge in [0.1, 0.15) is 0 Å². The van der Waals surface area contributed by atoms with Crippen molar-refractivity contribution < 1.29 is 0 Å². The number of nitrogens with two attached hydrogens (primary N) is 1. The maximum atomic E-state index is 6.22. The fraction of sp³-hybridized carbons (Fsp3) is 1.00. The highest BCUT2D eigenvalue weighted by Gasteiger charge is 2.33. The molecule has 1 atom stereocenters. The van der Waals surface area contributed by atoms with Crippen LogP contribution in [0.5, 0.6) is 0 Å². The maximum Gasteiger partial charge on any atom is 0.00928 e. The lowest BCUT2D eigenvalue weighted by Gasteiger charge is -2.34. The summed E-state index contributed by atoms with van der Waals surface area (Å²) in [4.78, 5) is 0. The van der Waals surface area contributed by atoms with E-state index < -0.39 is 0 Å². The predicted octanol–water partition coefficient (Wildman–Crippen LogP) is 3.33. The summed E-state index contributed by atoms with van der Waals surface area (Å²) < 4.78 is 0. The minimum Gasteiger partial charge on any atom is -0.327 e. The average Bonchev–Trinajstić information content (AvgIpc) is 2.33. The molecule has 0 radical (unpaired) electrons. The lowest BCUT2D eigenvalue weighted by Crippen LogP contribution is -2.38. The third-order valence-corrected chi connectivity index (χ3v) is 3.64. The zero-order valence-electron chi connectivity index (χ0n) is 9.69. The quantitative estimate of drug-likeness (QED) is 0.698. The van der Waals surface area contributed by atoms with Crippen molar-refractivity contribution in [3.63, 3.8) is 0 Å². The SMILES string of the molecule is CC1(CC(N)C(C)(C)C)CCCC1. The van der Waals surface area contributed by atoms with E-state index in [1.54, 1.807) is 0 Å². The first-order chi connectivity index (χ1) is 5.83. The molecule has 1 rings (SSSR count). The van der Waals surface area contributed by atoms with E-state index in [2.05, 4.69) is 27.7 Å². The molecule has 1 heteroatoms. The Labute approximate surface area is 83.1 Å². The van der Waals surface area contributed by atoms with Crippen molar-refractivity contribution in [1.82, 2.24) is 0 Å². The highest BCUT2D eigenvalue weighted by atomic mass is 14.7. The van der Waals surface area contributed by atoms with Crippen molar-refractivity contribution in [2.75, 3.05) is 0 Å². The van der Waals surface area contributed by atoms with Gasteiger partial charge in [-0.25, -0.2) is 0 Å². The molecule has 0 aromatic rings. The predicted molar refractivity (Wildman–Crippen MR) is 58.6 cm³/mol. The summed E-state index contributed by atoms with van der Waals surface area (Å²) in [5.74, 6) is 0. The number of rotatable bonds is 2. The van der Waals surface area contributed by atoms with Gasteiger partial charge in [-0.3, -0.25) is 0 Å². The van der Waals surface area contributed by atoms with E-state index in [0.717, 1.165) is 0 Å². The van der Waals surface area contributed by atoms with Gasteiger partial charge in [0.05, 0.1) is 0 Å². The molecule has 0 bridgehead atoms. The fourth-order valence-electron chi connectivity index (χ4n) is 2.27. The van der Waals surface area contributed by atoms with Gasteiger partial charge in [-0.1, -0.05) is 40.5 Å². The van der Waals surface area contributed by atoms with Crippen LogP contribution in [0.4, 0.5) is 0 Å². The lowest BCUT2D eigenvalue weighted by atomic mass is 9.75. The molecule has 1 nitrogen and oxygen atoms in total. The molecule has 1 aliphatic rings. The Morgan fingerprint density at radius 1 is 1.23 bits per heavy atom. The van der Waals surface area contributed by atoms with E-state index in [1.807, 2.05) is 0 Å². The largest absolute Gasteiger partial charge is 0.327 e. The first-order valence-corrected chi connectivity index (χ1v) is 5.59. The van der Waals surface area contributed by atoms with Gasteiger partial charge in [0, 0.05) is 6.04 Å². The topological polar surface area (TPSA) is 26.0 Å². The monoisotopic (exact) mass is 183 g/mol. The highest BCUT2D eigenvalue weighted by molar-refractivity contribution is 4.88. The molecule has 1 unspecified atom stereocenters. The van der Waals surface area contributed by atoms with E-state index in [9.17, 15) is 0 Å². The normalized spacial score (nSPS) is 24.7. The van der Waals surface area contributed by atoms with Crippen molar-refractivity contribution >= 4 is 0 Å². The molecule has 0 aliphatic heterocycles. The van der Waals surface area contributed by atoms with Crippen LogP contribution in [0.3, 0.4) is 0 Å². The summed E-state index contributed by atoms with van der Waals surface area (Å²) >= 11 is 0. The van der Waals surface area contributed by atoms with Crippen LogP contribution in [0.2, 0.25) is 0 Å². The minimum atomic E-state index is 0.269. The second-order valence-electron chi connectivity index (χ2n) is 6.19. The van der Waals surface area contributed by atoms with Crippen molar-refractivity contribution in [3.8, 4) is 0 Å². The van der Waals surface area contributed by atoms with Crippen LogP contribution < -0.4 is 5.73 Å². The zero-order valence-corrected chi connectivity index (χ0v) is 9.69. The molecule has 0 heterocycles. The minimum absolute atomic E-state index is 0.269. The van der Waals surface area contributed by atoms with Crippen LogP contribution in [-0.2, 0) is 0 Å². The second-order valence-corrected chi connectivity index (χ2v) is 6.19. The Morgan fingerprint density at radius 2 is 1.69 bits per heavy atom. The maximum absolute atomic E-state index is 6.22. The molecular formula is C12H25N. The van der Waals surface area contributed by atoms with Crippen molar-refractivity contribution in [3.05, 3.63) is 0 Å². The molecule has 1 aliphatic carbocycles. The van der Waals surface area contributed by atoms with Crippen LogP contribution >= 0.6 is 0 Å². The van der Waals surface area contributed by atoms with Gasteiger partial charge < -0.3 is 5.73 Å². The van der Waals surface area contributed by atoms with Crippen LogP contribution in [0.25, 0.3) is 0 Å². The number of hydrogen-bond donors (Lipinski definition) is 1. The third kappa shape index (κ3) is 2.98. The molecule has 0 spiro atoms. The Kier molecular flexibility index (Phi) is 3.06. The molecule has 1 saturated carbocycles. The van der Waals surface area contributed by atoms with Crippen LogP contribution in [0.1, 0.15) is 59.8 Å². The van der Waals surface area contributed by atoms with Gasteiger partial charge >= 0.3 is 0 Å². The average molecular weight is 183 g/mol. The van der Waals surface area contributed by atoms with E-state index in [4.69, 9.17) is 5.73 Å². The summed E-state index contributed by atoms with van der Waals surface area (Å²) in [6, 6.07) is 0.357. The van der Waals surface area contributed by atoms with Crippen molar-refractivity contribution in [2.24, 2.45) is 16.6 Å². The highest BCUT2D eigenvalue weighted by Crippen LogP contribution is 2.43. The molecule has 13 heavy (non-hydrogen) atoms. The van der Waals surface area contributed by atoms with Gasteiger partial charge in [0.25, 0.3) is 0 Å². The van der Waals surface area contributed by atoms with Gasteiger partial charge in [0.15, 0.2) is 0 Å². The summed E-state index contributed by atoms with van der Waals surface area (Å²) in [7, 11) is 0. The van der Waals surface area contributed by atoms with E-state index in [-0.39, 0.29) is 5.41 Å². The lowest BCUT2D eigenvalue weighted by molar-refractivity contribution is 0.204. The molecule has 0 saturated heterocycles. The molecule has 2 N–H and O–H groups in total. The Bertz CT molecular complexity index is 160. The molecule has 78 valence electrons. The van der Waals surface area contributed by atoms with Gasteiger partial charge in [-0.2, -0.15) is 0 Å². The standard InChI is InChI=1S/C12H25N/c1-11(2,3)10(13)9-12(4)7-5-6-8-12/h10H,5-9,13H2,1-4H3. The van der Waals surface area contributed by atoms with Crippen LogP contribution in [0.15, 0.2) is 0 Å². The van der Waals surface area contributed by atoms with Gasteiger partial charge in [-0.05, 0) is 30.1 Å². The number of hydrogen-bond acceptors (Lipinski definition) is 1. The van der Waals surface area contributed by atoms with Crippen LogP contribution in [0, 0.1) is 10.8 Å². The van der Waals surface area contributed by atoms with E-state index in [0.29, 0.717) is 11.5 Å². The zero-order chi connectivity index (χ0) is 10.1. The van der Waals surface area contributed by atoms with Gasteiger partial charge in [0.2, 0.25) is 0 Å². The Morgan fingerprint density at radius 3 is 2.08 bits per heavy atom. The van der Waals surface area contributed by atoms with Crippen molar-refractivity contribution in [1.29, 1.82) is 0 Å². The van der Waals surface area contributed by atoms with Crippen LogP contribution in [-0.4, -0.2) is 6.04 Å². The molecule has 0 aromatic heterocycles. The first-order valence-electron chi connectivity index (χ1n) is 5.59. The first kappa shape index (κ1) is 11.0.